The molecule has 31 heavy (non-hydrogen) atoms. The third-order valence-corrected chi connectivity index (χ3v) is 4.85. The number of aromatic amines is 1. The quantitative estimate of drug-likeness (QED) is 0.116. The van der Waals surface area contributed by atoms with Gasteiger partial charge in [0.15, 0.2) is 5.84 Å². The second-order valence-electron chi connectivity index (χ2n) is 6.77. The van der Waals surface area contributed by atoms with Gasteiger partial charge in [-0.2, -0.15) is 0 Å². The van der Waals surface area contributed by atoms with Crippen LogP contribution in [0.15, 0.2) is 78.0 Å². The predicted molar refractivity (Wildman–Crippen MR) is 121 cm³/mol. The van der Waals surface area contributed by atoms with E-state index in [4.69, 9.17) is 11.6 Å². The molecule has 0 saturated carbocycles. The minimum absolute atomic E-state index is 0.200. The summed E-state index contributed by atoms with van der Waals surface area (Å²) in [6.45, 7) is 0. The lowest BCUT2D eigenvalue weighted by molar-refractivity contribution is 0.0697. The molecule has 0 unspecified atom stereocenters. The number of hydrogen-bond acceptors (Lipinski definition) is 4. The average molecular weight is 409 g/mol. The smallest absolute Gasteiger partial charge is 0.336 e. The molecule has 0 atom stereocenters. The highest BCUT2D eigenvalue weighted by molar-refractivity contribution is 5.99. The topological polar surface area (TPSA) is 130 Å². The summed E-state index contributed by atoms with van der Waals surface area (Å²) < 4.78 is 0. The molecule has 4 aromatic rings. The molecule has 3 aromatic carbocycles. The number of nitrogens with two attached hydrogens (primary N) is 2. The van der Waals surface area contributed by atoms with E-state index >= 15 is 0 Å². The number of rotatable bonds is 4. The fourth-order valence-corrected chi connectivity index (χ4v) is 3.35. The molecule has 1 heterocycles. The Morgan fingerprint density at radius 2 is 1.84 bits per heavy atom. The van der Waals surface area contributed by atoms with Crippen LogP contribution in [0.2, 0.25) is 0 Å². The van der Waals surface area contributed by atoms with Crippen molar-refractivity contribution >= 4 is 22.7 Å². The van der Waals surface area contributed by atoms with E-state index in [1.807, 2.05) is 48.7 Å². The first-order valence-corrected chi connectivity index (χ1v) is 9.42. The van der Waals surface area contributed by atoms with E-state index < -0.39 is 5.97 Å². The Morgan fingerprint density at radius 3 is 2.58 bits per heavy atom. The highest BCUT2D eigenvalue weighted by atomic mass is 16.4. The second-order valence-corrected chi connectivity index (χ2v) is 6.77. The Morgan fingerprint density at radius 1 is 1.03 bits per heavy atom. The van der Waals surface area contributed by atoms with Crippen molar-refractivity contribution in [3.05, 3.63) is 95.2 Å². The van der Waals surface area contributed by atoms with Crippen molar-refractivity contribution in [1.82, 2.24) is 10.5 Å². The van der Waals surface area contributed by atoms with Gasteiger partial charge in [0.05, 0.1) is 5.56 Å². The van der Waals surface area contributed by atoms with Gasteiger partial charge in [0, 0.05) is 34.0 Å². The standard InChI is InChI=1S/C24H19N5O2/c25-23(28-29-26)18-8-5-15(6-9-18)4-7-17-2-1-3-20(24(30)31)22(17)19-11-10-16-12-13-27-21(16)14-19/h1-3,5-6,8-14,27,29H,26H2,(H2,25,28)(H,30,31). The third-order valence-electron chi connectivity index (χ3n) is 4.85. The summed E-state index contributed by atoms with van der Waals surface area (Å²) in [5, 5.41) is 14.5. The number of fused-ring (bicyclic) bond motifs is 1. The molecule has 0 spiro atoms. The first-order valence-electron chi connectivity index (χ1n) is 9.42. The van der Waals surface area contributed by atoms with Crippen molar-refractivity contribution in [3.63, 3.8) is 0 Å². The fraction of sp³-hybridized carbons (Fsp3) is 0. The van der Waals surface area contributed by atoms with Crippen LogP contribution >= 0.6 is 0 Å². The molecule has 1 aromatic heterocycles. The molecule has 0 aliphatic heterocycles. The lowest BCUT2D eigenvalue weighted by Gasteiger charge is -2.10. The third kappa shape index (κ3) is 4.10. The van der Waals surface area contributed by atoms with Crippen LogP contribution < -0.4 is 17.1 Å². The van der Waals surface area contributed by atoms with Crippen LogP contribution in [0.4, 0.5) is 0 Å². The molecule has 0 bridgehead atoms. The Balaban J connectivity index is 1.77. The van der Waals surface area contributed by atoms with Gasteiger partial charge >= 0.3 is 5.97 Å². The zero-order valence-electron chi connectivity index (χ0n) is 16.4. The summed E-state index contributed by atoms with van der Waals surface area (Å²) in [6, 6.07) is 20.1. The Kier molecular flexibility index (Phi) is 5.39. The van der Waals surface area contributed by atoms with Gasteiger partial charge in [0.2, 0.25) is 0 Å². The molecule has 152 valence electrons. The number of aromatic nitrogens is 1. The number of nitrogens with zero attached hydrogens (tertiary/aromatic N) is 1. The molecule has 7 N–H and O–H groups in total. The molecule has 7 nitrogen and oxygen atoms in total. The largest absolute Gasteiger partial charge is 0.478 e. The number of hydrazone groups is 1. The summed E-state index contributed by atoms with van der Waals surface area (Å²) in [5.74, 6) is 10.6. The van der Waals surface area contributed by atoms with E-state index in [0.717, 1.165) is 22.0 Å². The van der Waals surface area contributed by atoms with E-state index in [2.05, 4.69) is 27.5 Å². The van der Waals surface area contributed by atoms with Crippen molar-refractivity contribution in [3.8, 4) is 23.0 Å². The Bertz CT molecular complexity index is 1360. The van der Waals surface area contributed by atoms with Crippen LogP contribution in [0, 0.1) is 11.8 Å². The van der Waals surface area contributed by atoms with Crippen molar-refractivity contribution in [2.45, 2.75) is 0 Å². The molecular weight excluding hydrogens is 390 g/mol. The van der Waals surface area contributed by atoms with E-state index in [0.29, 0.717) is 16.7 Å². The van der Waals surface area contributed by atoms with Crippen molar-refractivity contribution in [1.29, 1.82) is 0 Å². The van der Waals surface area contributed by atoms with Gasteiger partial charge in [-0.25, -0.2) is 16.2 Å². The molecular formula is C24H19N5O2. The number of aromatic carboxylic acids is 1. The number of hydrogen-bond donors (Lipinski definition) is 5. The van der Waals surface area contributed by atoms with E-state index in [-0.39, 0.29) is 11.4 Å². The number of carboxylic acid groups (broad SMARTS) is 1. The van der Waals surface area contributed by atoms with Crippen molar-refractivity contribution in [2.75, 3.05) is 0 Å². The zero-order chi connectivity index (χ0) is 21.8. The number of amidine groups is 1. The number of carboxylic acids is 1. The lowest BCUT2D eigenvalue weighted by atomic mass is 9.93. The molecule has 0 aliphatic rings. The van der Waals surface area contributed by atoms with E-state index in [9.17, 15) is 9.90 Å². The molecule has 7 heteroatoms. The van der Waals surface area contributed by atoms with Crippen LogP contribution in [0.3, 0.4) is 0 Å². The molecule has 0 fully saturated rings. The monoisotopic (exact) mass is 409 g/mol. The maximum absolute atomic E-state index is 11.9. The number of hydrazine groups is 1. The van der Waals surface area contributed by atoms with Gasteiger partial charge in [0.1, 0.15) is 0 Å². The van der Waals surface area contributed by atoms with Crippen LogP contribution in [0.5, 0.6) is 0 Å². The fourth-order valence-electron chi connectivity index (χ4n) is 3.35. The average Bonchev–Trinajstić information content (AvgIpc) is 3.25. The summed E-state index contributed by atoms with van der Waals surface area (Å²) in [5.41, 5.74) is 12.5. The Hall–Kier alpha value is -4.54. The SMILES string of the molecule is NN/N=C(\N)c1ccc(C#Cc2cccc(C(=O)O)c2-c2ccc3cc[nH]c3c2)cc1. The summed E-state index contributed by atoms with van der Waals surface area (Å²) in [7, 11) is 0. The predicted octanol–water partition coefficient (Wildman–Crippen LogP) is 3.02. The van der Waals surface area contributed by atoms with Crippen molar-refractivity contribution < 1.29 is 9.90 Å². The number of benzene rings is 3. The van der Waals surface area contributed by atoms with E-state index in [1.54, 1.807) is 24.3 Å². The van der Waals surface area contributed by atoms with Gasteiger partial charge in [-0.05, 0) is 59.5 Å². The van der Waals surface area contributed by atoms with Gasteiger partial charge < -0.3 is 15.8 Å². The van der Waals surface area contributed by atoms with Crippen LogP contribution in [-0.4, -0.2) is 21.9 Å². The highest BCUT2D eigenvalue weighted by Gasteiger charge is 2.15. The molecule has 0 amide bonds. The molecule has 4 rings (SSSR count). The molecule has 0 aliphatic carbocycles. The molecule has 0 saturated heterocycles. The summed E-state index contributed by atoms with van der Waals surface area (Å²) in [4.78, 5) is 15.1. The van der Waals surface area contributed by atoms with Gasteiger partial charge in [-0.15, -0.1) is 5.10 Å². The number of carbonyl (C=O) groups is 1. The van der Waals surface area contributed by atoms with Crippen molar-refractivity contribution in [2.24, 2.45) is 16.7 Å². The van der Waals surface area contributed by atoms with Gasteiger partial charge in [0.25, 0.3) is 0 Å². The first-order chi connectivity index (χ1) is 15.1. The first kappa shape index (κ1) is 19.8. The van der Waals surface area contributed by atoms with Gasteiger partial charge in [-0.3, -0.25) is 0 Å². The normalized spacial score (nSPS) is 11.1. The Labute approximate surface area is 178 Å². The lowest BCUT2D eigenvalue weighted by Crippen LogP contribution is -2.22. The summed E-state index contributed by atoms with van der Waals surface area (Å²) >= 11 is 0. The second kappa shape index (κ2) is 8.45. The van der Waals surface area contributed by atoms with Gasteiger partial charge in [-0.1, -0.05) is 30.0 Å². The van der Waals surface area contributed by atoms with Crippen LogP contribution in [0.1, 0.15) is 27.0 Å². The number of H-pyrrole nitrogens is 1. The minimum Gasteiger partial charge on any atom is -0.478 e. The molecule has 0 radical (unpaired) electrons. The highest BCUT2D eigenvalue weighted by Crippen LogP contribution is 2.30. The maximum Gasteiger partial charge on any atom is 0.336 e. The van der Waals surface area contributed by atoms with Crippen LogP contribution in [-0.2, 0) is 0 Å². The minimum atomic E-state index is -1.00. The van der Waals surface area contributed by atoms with E-state index in [1.165, 1.54) is 0 Å². The summed E-state index contributed by atoms with van der Waals surface area (Å²) in [6.07, 6.45) is 1.85. The van der Waals surface area contributed by atoms with Crippen LogP contribution in [0.25, 0.3) is 22.0 Å². The zero-order valence-corrected chi connectivity index (χ0v) is 16.4. The number of nitrogens with one attached hydrogen (secondary N) is 2. The maximum atomic E-state index is 11.9.